The van der Waals surface area contributed by atoms with Gasteiger partial charge in [0.15, 0.2) is 0 Å². The van der Waals surface area contributed by atoms with Gasteiger partial charge in [0, 0.05) is 12.1 Å². The van der Waals surface area contributed by atoms with Crippen LogP contribution in [0.2, 0.25) is 0 Å². The minimum absolute atomic E-state index is 0.0334. The quantitative estimate of drug-likeness (QED) is 0.878. The Morgan fingerprint density at radius 3 is 2.57 bits per heavy atom. The number of carbonyl (C=O) groups is 2. The number of aromatic nitrogens is 1. The van der Waals surface area contributed by atoms with Crippen LogP contribution in [0, 0.1) is 12.8 Å². The van der Waals surface area contributed by atoms with E-state index in [1.54, 1.807) is 19.2 Å². The zero-order chi connectivity index (χ0) is 15.4. The fourth-order valence-electron chi connectivity index (χ4n) is 2.48. The monoisotopic (exact) mass is 291 g/mol. The standard InChI is InChI=1S/C15H21N3O3/c1-10-3-4-13(16-9-10)17-14(19)12-5-7-18(8-6-12)11(2)15(20)21/h3-4,9,11-12H,5-8H2,1-2H3,(H,20,21)(H,16,17,19). The molecule has 1 aromatic rings. The SMILES string of the molecule is Cc1ccc(NC(=O)C2CCN(C(C)C(=O)O)CC2)nc1. The topological polar surface area (TPSA) is 82.5 Å². The van der Waals surface area contributed by atoms with Gasteiger partial charge in [-0.25, -0.2) is 4.98 Å². The average Bonchev–Trinajstić information content (AvgIpc) is 2.49. The van der Waals surface area contributed by atoms with Crippen LogP contribution in [0.1, 0.15) is 25.3 Å². The number of likely N-dealkylation sites (tertiary alicyclic amines) is 1. The summed E-state index contributed by atoms with van der Waals surface area (Å²) in [4.78, 5) is 29.2. The first-order chi connectivity index (χ1) is 9.97. The highest BCUT2D eigenvalue weighted by molar-refractivity contribution is 5.91. The number of nitrogens with one attached hydrogen (secondary N) is 1. The number of nitrogens with zero attached hydrogens (tertiary/aromatic N) is 2. The zero-order valence-electron chi connectivity index (χ0n) is 12.4. The lowest BCUT2D eigenvalue weighted by Crippen LogP contribution is -2.45. The molecule has 0 spiro atoms. The summed E-state index contributed by atoms with van der Waals surface area (Å²) in [6.45, 7) is 4.89. The lowest BCUT2D eigenvalue weighted by molar-refractivity contribution is -0.143. The van der Waals surface area contributed by atoms with Gasteiger partial charge < -0.3 is 10.4 Å². The van der Waals surface area contributed by atoms with E-state index in [-0.39, 0.29) is 11.8 Å². The minimum Gasteiger partial charge on any atom is -0.480 e. The number of piperidine rings is 1. The molecule has 114 valence electrons. The molecule has 0 aromatic carbocycles. The predicted octanol–water partition coefficient (Wildman–Crippen LogP) is 1.51. The van der Waals surface area contributed by atoms with Crippen LogP contribution >= 0.6 is 0 Å². The smallest absolute Gasteiger partial charge is 0.320 e. The van der Waals surface area contributed by atoms with Gasteiger partial charge in [0.25, 0.3) is 0 Å². The summed E-state index contributed by atoms with van der Waals surface area (Å²) in [5.41, 5.74) is 1.05. The molecule has 1 unspecified atom stereocenters. The number of carboxylic acids is 1. The summed E-state index contributed by atoms with van der Waals surface area (Å²) in [5.74, 6) is -0.368. The van der Waals surface area contributed by atoms with Crippen molar-refractivity contribution in [3.63, 3.8) is 0 Å². The van der Waals surface area contributed by atoms with E-state index in [4.69, 9.17) is 5.11 Å². The highest BCUT2D eigenvalue weighted by Crippen LogP contribution is 2.20. The lowest BCUT2D eigenvalue weighted by atomic mass is 9.95. The molecule has 1 saturated heterocycles. The van der Waals surface area contributed by atoms with E-state index >= 15 is 0 Å². The van der Waals surface area contributed by atoms with Gasteiger partial charge in [-0.05, 0) is 51.4 Å². The highest BCUT2D eigenvalue weighted by atomic mass is 16.4. The maximum Gasteiger partial charge on any atom is 0.320 e. The summed E-state index contributed by atoms with van der Waals surface area (Å²) in [7, 11) is 0. The van der Waals surface area contributed by atoms with Gasteiger partial charge in [0.1, 0.15) is 11.9 Å². The first-order valence-corrected chi connectivity index (χ1v) is 7.17. The number of hydrogen-bond donors (Lipinski definition) is 2. The van der Waals surface area contributed by atoms with Crippen molar-refractivity contribution < 1.29 is 14.7 Å². The predicted molar refractivity (Wildman–Crippen MR) is 79.0 cm³/mol. The molecule has 1 atom stereocenters. The van der Waals surface area contributed by atoms with Crippen molar-refractivity contribution in [1.29, 1.82) is 0 Å². The van der Waals surface area contributed by atoms with Crippen molar-refractivity contribution >= 4 is 17.7 Å². The van der Waals surface area contributed by atoms with Crippen molar-refractivity contribution in [3.8, 4) is 0 Å². The van der Waals surface area contributed by atoms with Gasteiger partial charge >= 0.3 is 5.97 Å². The second-order valence-corrected chi connectivity index (χ2v) is 5.53. The van der Waals surface area contributed by atoms with Crippen molar-refractivity contribution in [2.75, 3.05) is 18.4 Å². The molecule has 1 aromatic heterocycles. The Morgan fingerprint density at radius 2 is 2.05 bits per heavy atom. The van der Waals surface area contributed by atoms with Crippen molar-refractivity contribution in [3.05, 3.63) is 23.9 Å². The van der Waals surface area contributed by atoms with Gasteiger partial charge in [-0.2, -0.15) is 0 Å². The number of carboxylic acid groups (broad SMARTS) is 1. The van der Waals surface area contributed by atoms with Crippen LogP contribution in [-0.4, -0.2) is 46.0 Å². The molecule has 2 rings (SSSR count). The summed E-state index contributed by atoms with van der Waals surface area (Å²) >= 11 is 0. The van der Waals surface area contributed by atoms with E-state index in [2.05, 4.69) is 10.3 Å². The molecule has 0 radical (unpaired) electrons. The van der Waals surface area contributed by atoms with Crippen LogP contribution in [0.5, 0.6) is 0 Å². The molecular weight excluding hydrogens is 270 g/mol. The second kappa shape index (κ2) is 6.67. The maximum absolute atomic E-state index is 12.2. The maximum atomic E-state index is 12.2. The van der Waals surface area contributed by atoms with Crippen LogP contribution in [0.25, 0.3) is 0 Å². The number of aryl methyl sites for hydroxylation is 1. The zero-order valence-corrected chi connectivity index (χ0v) is 12.4. The Bertz CT molecular complexity index is 507. The average molecular weight is 291 g/mol. The highest BCUT2D eigenvalue weighted by Gasteiger charge is 2.29. The Kier molecular flexibility index (Phi) is 4.90. The normalized spacial score (nSPS) is 18.2. The van der Waals surface area contributed by atoms with Gasteiger partial charge in [-0.1, -0.05) is 6.07 Å². The molecule has 2 heterocycles. The van der Waals surface area contributed by atoms with Crippen LogP contribution in [0.4, 0.5) is 5.82 Å². The molecule has 0 aliphatic carbocycles. The Labute approximate surface area is 124 Å². The van der Waals surface area contributed by atoms with Gasteiger partial charge in [-0.15, -0.1) is 0 Å². The molecule has 0 saturated carbocycles. The molecule has 1 fully saturated rings. The van der Waals surface area contributed by atoms with Crippen LogP contribution in [0.3, 0.4) is 0 Å². The number of carbonyl (C=O) groups excluding carboxylic acids is 1. The van der Waals surface area contributed by atoms with E-state index in [1.807, 2.05) is 17.9 Å². The Morgan fingerprint density at radius 1 is 1.38 bits per heavy atom. The third-order valence-corrected chi connectivity index (χ3v) is 3.97. The molecule has 1 aliphatic rings. The largest absolute Gasteiger partial charge is 0.480 e. The summed E-state index contributed by atoms with van der Waals surface area (Å²) in [6, 6.07) is 3.20. The Hall–Kier alpha value is -1.95. The van der Waals surface area contributed by atoms with E-state index in [0.29, 0.717) is 31.7 Å². The number of amides is 1. The van der Waals surface area contributed by atoms with E-state index in [1.165, 1.54) is 0 Å². The molecule has 0 bridgehead atoms. The lowest BCUT2D eigenvalue weighted by Gasteiger charge is -2.33. The fraction of sp³-hybridized carbons (Fsp3) is 0.533. The molecule has 1 amide bonds. The summed E-state index contributed by atoms with van der Waals surface area (Å²) in [6.07, 6.45) is 3.07. The molecule has 21 heavy (non-hydrogen) atoms. The van der Waals surface area contributed by atoms with Crippen LogP contribution < -0.4 is 5.32 Å². The van der Waals surface area contributed by atoms with E-state index in [9.17, 15) is 9.59 Å². The first kappa shape index (κ1) is 15.4. The van der Waals surface area contributed by atoms with Gasteiger partial charge in [0.05, 0.1) is 0 Å². The minimum atomic E-state index is -0.818. The molecule has 6 heteroatoms. The molecule has 6 nitrogen and oxygen atoms in total. The third kappa shape index (κ3) is 4.01. The van der Waals surface area contributed by atoms with Gasteiger partial charge in [-0.3, -0.25) is 14.5 Å². The van der Waals surface area contributed by atoms with Crippen molar-refractivity contribution in [2.45, 2.75) is 32.7 Å². The fourth-order valence-corrected chi connectivity index (χ4v) is 2.48. The van der Waals surface area contributed by atoms with Crippen molar-refractivity contribution in [2.24, 2.45) is 5.92 Å². The third-order valence-electron chi connectivity index (χ3n) is 3.97. The molecule has 1 aliphatic heterocycles. The Balaban J connectivity index is 1.85. The van der Waals surface area contributed by atoms with Crippen molar-refractivity contribution in [1.82, 2.24) is 9.88 Å². The number of hydrogen-bond acceptors (Lipinski definition) is 4. The second-order valence-electron chi connectivity index (χ2n) is 5.53. The first-order valence-electron chi connectivity index (χ1n) is 7.17. The molecular formula is C15H21N3O3. The van der Waals surface area contributed by atoms with E-state index < -0.39 is 12.0 Å². The summed E-state index contributed by atoms with van der Waals surface area (Å²) < 4.78 is 0. The number of rotatable bonds is 4. The number of aliphatic carboxylic acids is 1. The summed E-state index contributed by atoms with van der Waals surface area (Å²) in [5, 5.41) is 11.8. The molecule has 2 N–H and O–H groups in total. The number of pyridine rings is 1. The van der Waals surface area contributed by atoms with E-state index in [0.717, 1.165) is 5.56 Å². The number of anilines is 1. The van der Waals surface area contributed by atoms with Crippen LogP contribution in [-0.2, 0) is 9.59 Å². The van der Waals surface area contributed by atoms with Crippen LogP contribution in [0.15, 0.2) is 18.3 Å². The van der Waals surface area contributed by atoms with Gasteiger partial charge in [0.2, 0.25) is 5.91 Å².